The summed E-state index contributed by atoms with van der Waals surface area (Å²) in [6.45, 7) is 0.302. The van der Waals surface area contributed by atoms with Crippen LogP contribution in [0.1, 0.15) is 12.2 Å². The molecule has 3 rings (SSSR count). The number of furan rings is 1. The average molecular weight is 361 g/mol. The Labute approximate surface area is 149 Å². The van der Waals surface area contributed by atoms with Gasteiger partial charge in [0, 0.05) is 12.7 Å². The van der Waals surface area contributed by atoms with Crippen molar-refractivity contribution in [1.82, 2.24) is 9.80 Å². The number of hydrogen-bond donors (Lipinski definition) is 1. The van der Waals surface area contributed by atoms with E-state index >= 15 is 0 Å². The summed E-state index contributed by atoms with van der Waals surface area (Å²) in [6, 6.07) is 8.24. The largest absolute Gasteiger partial charge is 0.467 e. The minimum Gasteiger partial charge on any atom is -0.467 e. The first-order valence-corrected chi connectivity index (χ1v) is 8.02. The number of nitrogens with one attached hydrogen (secondary N) is 1. The van der Waals surface area contributed by atoms with E-state index in [-0.39, 0.29) is 24.1 Å². The van der Waals surface area contributed by atoms with Gasteiger partial charge in [-0.1, -0.05) is 0 Å². The van der Waals surface area contributed by atoms with E-state index in [0.29, 0.717) is 23.1 Å². The number of nitrogens with zero attached hydrogens (tertiary/aromatic N) is 2. The molecule has 1 aromatic carbocycles. The summed E-state index contributed by atoms with van der Waals surface area (Å²) in [6.07, 6.45) is 1.47. The van der Waals surface area contributed by atoms with Gasteiger partial charge in [0.2, 0.25) is 5.91 Å². The van der Waals surface area contributed by atoms with Crippen molar-refractivity contribution in [2.45, 2.75) is 19.0 Å². The molecule has 0 bridgehead atoms. The van der Waals surface area contributed by atoms with E-state index in [4.69, 9.17) is 16.6 Å². The highest BCUT2D eigenvalue weighted by atomic mass is 32.1. The van der Waals surface area contributed by atoms with Crippen molar-refractivity contribution in [3.05, 3.63) is 54.2 Å². The quantitative estimate of drug-likeness (QED) is 0.829. The van der Waals surface area contributed by atoms with Crippen LogP contribution in [0.2, 0.25) is 0 Å². The molecule has 1 saturated heterocycles. The van der Waals surface area contributed by atoms with Gasteiger partial charge in [-0.25, -0.2) is 4.39 Å². The molecular formula is C17H16FN3O3S. The summed E-state index contributed by atoms with van der Waals surface area (Å²) in [4.78, 5) is 27.7. The number of likely N-dealkylation sites (N-methyl/N-ethyl adjacent to an activating group) is 1. The van der Waals surface area contributed by atoms with Crippen LogP contribution in [0.3, 0.4) is 0 Å². The van der Waals surface area contributed by atoms with Gasteiger partial charge in [0.15, 0.2) is 5.11 Å². The Hall–Kier alpha value is -2.74. The molecule has 2 amide bonds. The molecule has 0 saturated carbocycles. The SMILES string of the molecule is CN1C(=O)[C@@H](CC(=O)Nc2ccc(F)cc2)N(Cc2ccco2)C1=S. The predicted molar refractivity (Wildman–Crippen MR) is 93.1 cm³/mol. The number of benzene rings is 1. The maximum Gasteiger partial charge on any atom is 0.251 e. The number of anilines is 1. The molecule has 1 N–H and O–H groups in total. The fourth-order valence-corrected chi connectivity index (χ4v) is 2.93. The van der Waals surface area contributed by atoms with Crippen LogP contribution in [0.25, 0.3) is 0 Å². The van der Waals surface area contributed by atoms with Crippen LogP contribution < -0.4 is 5.32 Å². The Kier molecular flexibility index (Phi) is 4.80. The highest BCUT2D eigenvalue weighted by Gasteiger charge is 2.41. The monoisotopic (exact) mass is 361 g/mol. The van der Waals surface area contributed by atoms with Crippen LogP contribution in [-0.4, -0.2) is 39.8 Å². The summed E-state index contributed by atoms with van der Waals surface area (Å²) in [5.41, 5.74) is 0.463. The van der Waals surface area contributed by atoms with E-state index in [0.717, 1.165) is 0 Å². The van der Waals surface area contributed by atoms with Gasteiger partial charge in [0.1, 0.15) is 17.6 Å². The van der Waals surface area contributed by atoms with E-state index in [1.54, 1.807) is 24.1 Å². The highest BCUT2D eigenvalue weighted by Crippen LogP contribution is 2.23. The normalized spacial score (nSPS) is 17.3. The number of amides is 2. The molecular weight excluding hydrogens is 345 g/mol. The standard InChI is InChI=1S/C17H16FN3O3S/c1-20-16(23)14(21(17(20)25)10-13-3-2-8-24-13)9-15(22)19-12-6-4-11(18)5-7-12/h2-8,14H,9-10H2,1H3,(H,19,22)/t14-/m1/s1. The summed E-state index contributed by atoms with van der Waals surface area (Å²) in [7, 11) is 1.58. The Balaban J connectivity index is 1.71. The van der Waals surface area contributed by atoms with Crippen molar-refractivity contribution in [3.8, 4) is 0 Å². The molecule has 6 nitrogen and oxygen atoms in total. The molecule has 0 spiro atoms. The third-order valence-electron chi connectivity index (χ3n) is 3.94. The minimum atomic E-state index is -0.706. The second-order valence-corrected chi connectivity index (χ2v) is 6.03. The zero-order valence-corrected chi connectivity index (χ0v) is 14.3. The summed E-state index contributed by atoms with van der Waals surface area (Å²) < 4.78 is 18.2. The highest BCUT2D eigenvalue weighted by molar-refractivity contribution is 7.80. The molecule has 2 heterocycles. The smallest absolute Gasteiger partial charge is 0.251 e. The van der Waals surface area contributed by atoms with E-state index in [9.17, 15) is 14.0 Å². The van der Waals surface area contributed by atoms with Gasteiger partial charge in [-0.3, -0.25) is 14.5 Å². The topological polar surface area (TPSA) is 65.8 Å². The Morgan fingerprint density at radius 1 is 1.32 bits per heavy atom. The first-order valence-electron chi connectivity index (χ1n) is 7.61. The number of rotatable bonds is 5. The van der Waals surface area contributed by atoms with Crippen molar-refractivity contribution in [1.29, 1.82) is 0 Å². The van der Waals surface area contributed by atoms with Crippen LogP contribution in [0.4, 0.5) is 10.1 Å². The molecule has 1 aliphatic rings. The fraction of sp³-hybridized carbons (Fsp3) is 0.235. The van der Waals surface area contributed by atoms with Crippen molar-refractivity contribution in [3.63, 3.8) is 0 Å². The number of halogens is 1. The van der Waals surface area contributed by atoms with Gasteiger partial charge < -0.3 is 14.6 Å². The number of carbonyl (C=O) groups is 2. The summed E-state index contributed by atoms with van der Waals surface area (Å²) >= 11 is 5.30. The maximum absolute atomic E-state index is 12.9. The van der Waals surface area contributed by atoms with Gasteiger partial charge in [-0.2, -0.15) is 0 Å². The molecule has 8 heteroatoms. The van der Waals surface area contributed by atoms with Gasteiger partial charge in [-0.15, -0.1) is 0 Å². The van der Waals surface area contributed by atoms with Crippen LogP contribution >= 0.6 is 12.2 Å². The Bertz CT molecular complexity index is 792. The Morgan fingerprint density at radius 2 is 2.04 bits per heavy atom. The van der Waals surface area contributed by atoms with Crippen LogP contribution in [0.15, 0.2) is 47.1 Å². The molecule has 1 aromatic heterocycles. The molecule has 0 aliphatic carbocycles. The van der Waals surface area contributed by atoms with E-state index in [1.807, 2.05) is 0 Å². The van der Waals surface area contributed by atoms with Crippen LogP contribution in [0.5, 0.6) is 0 Å². The van der Waals surface area contributed by atoms with Crippen molar-refractivity contribution < 1.29 is 18.4 Å². The zero-order valence-electron chi connectivity index (χ0n) is 13.4. The molecule has 1 fully saturated rings. The molecule has 130 valence electrons. The lowest BCUT2D eigenvalue weighted by Crippen LogP contribution is -2.37. The van der Waals surface area contributed by atoms with Gasteiger partial charge in [-0.05, 0) is 48.6 Å². The second kappa shape index (κ2) is 7.02. The van der Waals surface area contributed by atoms with Crippen molar-refractivity contribution in [2.24, 2.45) is 0 Å². The molecule has 25 heavy (non-hydrogen) atoms. The lowest BCUT2D eigenvalue weighted by molar-refractivity contribution is -0.130. The first-order chi connectivity index (χ1) is 12.0. The third kappa shape index (κ3) is 3.69. The maximum atomic E-state index is 12.9. The average Bonchev–Trinajstić information content (AvgIpc) is 3.17. The number of thiocarbonyl (C=S) groups is 1. The first kappa shape index (κ1) is 17.1. The molecule has 1 atom stereocenters. The van der Waals surface area contributed by atoms with Gasteiger partial charge in [0.05, 0.1) is 19.2 Å². The number of hydrogen-bond acceptors (Lipinski definition) is 4. The molecule has 0 radical (unpaired) electrons. The number of carbonyl (C=O) groups excluding carboxylic acids is 2. The second-order valence-electron chi connectivity index (χ2n) is 5.66. The van der Waals surface area contributed by atoms with Crippen molar-refractivity contribution in [2.75, 3.05) is 12.4 Å². The molecule has 0 unspecified atom stereocenters. The third-order valence-corrected chi connectivity index (χ3v) is 4.45. The van der Waals surface area contributed by atoms with E-state index in [2.05, 4.69) is 5.32 Å². The zero-order chi connectivity index (χ0) is 18.0. The van der Waals surface area contributed by atoms with Crippen LogP contribution in [-0.2, 0) is 16.1 Å². The van der Waals surface area contributed by atoms with Gasteiger partial charge >= 0.3 is 0 Å². The van der Waals surface area contributed by atoms with Gasteiger partial charge in [0.25, 0.3) is 5.91 Å². The fourth-order valence-electron chi connectivity index (χ4n) is 2.64. The van der Waals surface area contributed by atoms with E-state index < -0.39 is 6.04 Å². The minimum absolute atomic E-state index is 0.0681. The van der Waals surface area contributed by atoms with Crippen molar-refractivity contribution >= 4 is 34.8 Å². The molecule has 1 aliphatic heterocycles. The molecule has 2 aromatic rings. The van der Waals surface area contributed by atoms with E-state index in [1.165, 1.54) is 35.4 Å². The summed E-state index contributed by atoms with van der Waals surface area (Å²) in [5, 5.41) is 3.00. The predicted octanol–water partition coefficient (Wildman–Crippen LogP) is 2.38. The lowest BCUT2D eigenvalue weighted by Gasteiger charge is -2.22. The lowest BCUT2D eigenvalue weighted by atomic mass is 10.1. The summed E-state index contributed by atoms with van der Waals surface area (Å²) in [5.74, 6) is -0.340. The Morgan fingerprint density at radius 3 is 2.68 bits per heavy atom. The van der Waals surface area contributed by atoms with Crippen LogP contribution in [0, 0.1) is 5.82 Å².